The Labute approximate surface area is 274 Å². The fourth-order valence-corrected chi connectivity index (χ4v) is 6.41. The predicted octanol–water partition coefficient (Wildman–Crippen LogP) is 4.51. The van der Waals surface area contributed by atoms with E-state index in [0.717, 1.165) is 5.56 Å². The second kappa shape index (κ2) is 17.5. The standard InChI is InChI=1S/C34H40ClN4O6P/c1-23(2)19-29(34(43)38-28(32(36)41)18-9-15-24-11-5-3-6-12-24)37-30(40)22-46(44,45)31(20-25-13-7-4-8-14-25)39-33(42)26-16-10-17-27(35)21-26/h3-17,21,23,28-29,31H,18-20,22H2,1-2H3,(H2,36,41)(H,37,40)(H,38,43)(H,39,42)(H,44,45)/t28-,29-,31?/m0/s1. The van der Waals surface area contributed by atoms with Gasteiger partial charge in [-0.15, -0.1) is 0 Å². The van der Waals surface area contributed by atoms with Crippen molar-refractivity contribution in [2.45, 2.75) is 51.0 Å². The van der Waals surface area contributed by atoms with Gasteiger partial charge in [0.05, 0.1) is 0 Å². The first kappa shape index (κ1) is 36.2. The lowest BCUT2D eigenvalue weighted by molar-refractivity contribution is -0.131. The molecule has 0 aromatic heterocycles. The lowest BCUT2D eigenvalue weighted by atomic mass is 10.0. The van der Waals surface area contributed by atoms with Crippen LogP contribution >= 0.6 is 19.0 Å². The highest BCUT2D eigenvalue weighted by Gasteiger charge is 2.36. The number of nitrogens with one attached hydrogen (secondary N) is 3. The SMILES string of the molecule is CC(C)C[C@H](NC(=O)CP(=O)(O)C(Cc1ccccc1)NC(=O)c1cccc(Cl)c1)C(=O)N[C@@H](CC=Cc1ccccc1)C(N)=O. The van der Waals surface area contributed by atoms with Gasteiger partial charge in [0.15, 0.2) is 0 Å². The third-order valence-electron chi connectivity index (χ3n) is 7.01. The predicted molar refractivity (Wildman–Crippen MR) is 180 cm³/mol. The van der Waals surface area contributed by atoms with Gasteiger partial charge in [-0.1, -0.05) is 104 Å². The van der Waals surface area contributed by atoms with Crippen LogP contribution in [-0.4, -0.2) is 52.6 Å². The van der Waals surface area contributed by atoms with Crippen molar-refractivity contribution in [1.29, 1.82) is 0 Å². The number of amides is 4. The lowest BCUT2D eigenvalue weighted by Gasteiger charge is -2.26. The Balaban J connectivity index is 1.73. The lowest BCUT2D eigenvalue weighted by Crippen LogP contribution is -2.53. The first-order valence-electron chi connectivity index (χ1n) is 14.9. The summed E-state index contributed by atoms with van der Waals surface area (Å²) in [5, 5.41) is 8.08. The molecule has 0 aliphatic heterocycles. The Morgan fingerprint density at radius 3 is 2.15 bits per heavy atom. The molecule has 10 nitrogen and oxygen atoms in total. The Hall–Kier alpha value is -4.24. The maximum atomic E-state index is 13.7. The molecular formula is C34H40ClN4O6P. The molecule has 6 N–H and O–H groups in total. The number of rotatable bonds is 16. The fraction of sp³-hybridized carbons (Fsp3) is 0.294. The molecule has 3 aromatic rings. The van der Waals surface area contributed by atoms with Crippen LogP contribution in [-0.2, 0) is 25.4 Å². The van der Waals surface area contributed by atoms with E-state index in [1.165, 1.54) is 12.1 Å². The van der Waals surface area contributed by atoms with Gasteiger partial charge in [0.25, 0.3) is 5.91 Å². The third-order valence-corrected chi connectivity index (χ3v) is 9.28. The van der Waals surface area contributed by atoms with Gasteiger partial charge in [0.1, 0.15) is 24.0 Å². The second-order valence-corrected chi connectivity index (χ2v) is 14.3. The van der Waals surface area contributed by atoms with Gasteiger partial charge in [-0.25, -0.2) is 0 Å². The molecule has 4 amide bonds. The average molecular weight is 667 g/mol. The average Bonchev–Trinajstić information content (AvgIpc) is 3.00. The monoisotopic (exact) mass is 666 g/mol. The highest BCUT2D eigenvalue weighted by atomic mass is 35.5. The van der Waals surface area contributed by atoms with E-state index < -0.39 is 55.0 Å². The van der Waals surface area contributed by atoms with Gasteiger partial charge in [-0.2, -0.15) is 0 Å². The van der Waals surface area contributed by atoms with Crippen molar-refractivity contribution in [2.75, 3.05) is 6.16 Å². The van der Waals surface area contributed by atoms with Gasteiger partial charge in [-0.05, 0) is 48.1 Å². The molecule has 3 rings (SSSR count). The number of nitrogens with two attached hydrogens (primary N) is 1. The maximum Gasteiger partial charge on any atom is 0.252 e. The van der Waals surface area contributed by atoms with E-state index in [2.05, 4.69) is 16.0 Å². The quantitative estimate of drug-likeness (QED) is 0.141. The van der Waals surface area contributed by atoms with Crippen molar-refractivity contribution in [2.24, 2.45) is 11.7 Å². The zero-order valence-electron chi connectivity index (χ0n) is 25.8. The molecule has 0 bridgehead atoms. The minimum atomic E-state index is -4.41. The molecular weight excluding hydrogens is 627 g/mol. The Kier molecular flexibility index (Phi) is 13.7. The highest BCUT2D eigenvalue weighted by Crippen LogP contribution is 2.46. The summed E-state index contributed by atoms with van der Waals surface area (Å²) in [7, 11) is -4.41. The Morgan fingerprint density at radius 2 is 1.54 bits per heavy atom. The molecule has 2 unspecified atom stereocenters. The molecule has 0 spiro atoms. The summed E-state index contributed by atoms with van der Waals surface area (Å²) in [6, 6.07) is 22.1. The molecule has 4 atom stereocenters. The van der Waals surface area contributed by atoms with Gasteiger partial charge >= 0.3 is 0 Å². The maximum absolute atomic E-state index is 13.7. The van der Waals surface area contributed by atoms with E-state index in [1.54, 1.807) is 54.6 Å². The summed E-state index contributed by atoms with van der Waals surface area (Å²) in [6.45, 7) is 3.69. The van der Waals surface area contributed by atoms with Crippen LogP contribution in [0.25, 0.3) is 6.08 Å². The molecule has 0 radical (unpaired) electrons. The molecule has 12 heteroatoms. The number of primary amides is 1. The van der Waals surface area contributed by atoms with E-state index in [9.17, 15) is 28.6 Å². The summed E-state index contributed by atoms with van der Waals surface area (Å²) in [5.41, 5.74) is 7.31. The van der Waals surface area contributed by atoms with Crippen LogP contribution in [0.3, 0.4) is 0 Å². The van der Waals surface area contributed by atoms with Crippen molar-refractivity contribution < 1.29 is 28.6 Å². The number of hydrogen-bond acceptors (Lipinski definition) is 5. The zero-order valence-corrected chi connectivity index (χ0v) is 27.4. The van der Waals surface area contributed by atoms with Gasteiger partial charge in [0, 0.05) is 17.0 Å². The van der Waals surface area contributed by atoms with Crippen LogP contribution in [0.15, 0.2) is 91.0 Å². The fourth-order valence-electron chi connectivity index (χ4n) is 4.68. The van der Waals surface area contributed by atoms with Crippen molar-refractivity contribution >= 4 is 48.7 Å². The minimum absolute atomic E-state index is 0.0269. The van der Waals surface area contributed by atoms with Crippen LogP contribution in [0, 0.1) is 5.92 Å². The van der Waals surface area contributed by atoms with Gasteiger partial charge in [-0.3, -0.25) is 23.7 Å². The van der Waals surface area contributed by atoms with Crippen LogP contribution in [0.2, 0.25) is 5.02 Å². The van der Waals surface area contributed by atoms with E-state index in [0.29, 0.717) is 10.6 Å². The van der Waals surface area contributed by atoms with Gasteiger partial charge < -0.3 is 26.6 Å². The van der Waals surface area contributed by atoms with E-state index in [4.69, 9.17) is 17.3 Å². The first-order chi connectivity index (χ1) is 21.8. The zero-order chi connectivity index (χ0) is 33.7. The van der Waals surface area contributed by atoms with Crippen molar-refractivity contribution in [3.63, 3.8) is 0 Å². The Bertz CT molecular complexity index is 1570. The second-order valence-electron chi connectivity index (χ2n) is 11.4. The van der Waals surface area contributed by atoms with E-state index in [-0.39, 0.29) is 30.7 Å². The van der Waals surface area contributed by atoms with Crippen molar-refractivity contribution in [3.8, 4) is 0 Å². The minimum Gasteiger partial charge on any atom is -0.368 e. The first-order valence-corrected chi connectivity index (χ1v) is 17.2. The summed E-state index contributed by atoms with van der Waals surface area (Å²) in [6.07, 6.45) is 2.94. The molecule has 46 heavy (non-hydrogen) atoms. The Morgan fingerprint density at radius 1 is 0.891 bits per heavy atom. The molecule has 0 saturated carbocycles. The molecule has 244 valence electrons. The van der Waals surface area contributed by atoms with Crippen molar-refractivity contribution in [1.82, 2.24) is 16.0 Å². The summed E-state index contributed by atoms with van der Waals surface area (Å²) < 4.78 is 13.7. The van der Waals surface area contributed by atoms with E-state index >= 15 is 0 Å². The molecule has 0 aliphatic carbocycles. The largest absolute Gasteiger partial charge is 0.368 e. The van der Waals surface area contributed by atoms with Crippen LogP contribution in [0.1, 0.15) is 48.2 Å². The summed E-state index contributed by atoms with van der Waals surface area (Å²) >= 11 is 6.02. The highest BCUT2D eigenvalue weighted by molar-refractivity contribution is 7.59. The number of carbonyl (C=O) groups is 4. The van der Waals surface area contributed by atoms with Gasteiger partial charge in [0.2, 0.25) is 25.1 Å². The molecule has 3 aromatic carbocycles. The summed E-state index contributed by atoms with van der Waals surface area (Å²) in [5.74, 6) is -4.26. The normalized spacial score (nSPS) is 14.5. The molecule has 0 heterocycles. The summed E-state index contributed by atoms with van der Waals surface area (Å²) in [4.78, 5) is 62.8. The number of hydrogen-bond donors (Lipinski definition) is 5. The van der Waals surface area contributed by atoms with E-state index in [1.807, 2.05) is 44.2 Å². The molecule has 0 aliphatic rings. The smallest absolute Gasteiger partial charge is 0.252 e. The molecule has 0 saturated heterocycles. The van der Waals surface area contributed by atoms with Crippen LogP contribution in [0.4, 0.5) is 0 Å². The van der Waals surface area contributed by atoms with Crippen LogP contribution < -0.4 is 21.7 Å². The number of benzene rings is 3. The number of halogens is 1. The van der Waals surface area contributed by atoms with Crippen LogP contribution in [0.5, 0.6) is 0 Å². The van der Waals surface area contributed by atoms with Crippen molar-refractivity contribution in [3.05, 3.63) is 113 Å². The third kappa shape index (κ3) is 11.9. The number of carbonyl (C=O) groups excluding carboxylic acids is 4. The molecule has 0 fully saturated rings. The topological polar surface area (TPSA) is 168 Å².